The maximum atomic E-state index is 12.6. The van der Waals surface area contributed by atoms with Gasteiger partial charge in [-0.1, -0.05) is 18.2 Å². The molecule has 7 heteroatoms. The molecule has 1 heterocycles. The number of hydrogen-bond acceptors (Lipinski definition) is 6. The van der Waals surface area contributed by atoms with Gasteiger partial charge in [0.1, 0.15) is 5.69 Å². The quantitative estimate of drug-likeness (QED) is 0.671. The van der Waals surface area contributed by atoms with Crippen molar-refractivity contribution in [2.75, 3.05) is 24.9 Å². The Balaban J connectivity index is 1.83. The van der Waals surface area contributed by atoms with Crippen LogP contribution in [-0.2, 0) is 0 Å². The zero-order valence-corrected chi connectivity index (χ0v) is 16.2. The van der Waals surface area contributed by atoms with Crippen molar-refractivity contribution < 1.29 is 14.3 Å². The van der Waals surface area contributed by atoms with E-state index >= 15 is 0 Å². The smallest absolute Gasteiger partial charge is 0.274 e. The van der Waals surface area contributed by atoms with Gasteiger partial charge in [0, 0.05) is 23.1 Å². The number of aromatic nitrogens is 2. The number of nitrogens with zero attached hydrogens (tertiary/aromatic N) is 2. The first-order valence-electron chi connectivity index (χ1n) is 8.72. The number of nitrogens with one attached hydrogen (secondary N) is 2. The number of carbonyl (C=O) groups is 1. The first-order valence-corrected chi connectivity index (χ1v) is 8.72. The average molecular weight is 378 g/mol. The standard InChI is InChI=1S/C21H22N4O3/c1-13-7-5-6-8-16(13)24-20(26)17-11-14(2)22-21(25-17)23-15-9-10-18(27-3)19(12-15)28-4/h5-12H,1-4H3,(H,24,26)(H,22,23,25). The number of carbonyl (C=O) groups excluding carboxylic acids is 1. The SMILES string of the molecule is COc1ccc(Nc2nc(C)cc(C(=O)Nc3ccccc3C)n2)cc1OC. The lowest BCUT2D eigenvalue weighted by atomic mass is 10.2. The van der Waals surface area contributed by atoms with Crippen LogP contribution >= 0.6 is 0 Å². The maximum absolute atomic E-state index is 12.6. The summed E-state index contributed by atoms with van der Waals surface area (Å²) in [5.74, 6) is 1.23. The van der Waals surface area contributed by atoms with Gasteiger partial charge in [0.2, 0.25) is 5.95 Å². The largest absolute Gasteiger partial charge is 0.493 e. The molecule has 1 amide bonds. The molecule has 144 valence electrons. The minimum atomic E-state index is -0.296. The molecule has 0 saturated carbocycles. The van der Waals surface area contributed by atoms with Crippen LogP contribution in [0.3, 0.4) is 0 Å². The Morgan fingerprint density at radius 3 is 2.39 bits per heavy atom. The molecule has 0 aliphatic carbocycles. The fourth-order valence-corrected chi connectivity index (χ4v) is 2.68. The van der Waals surface area contributed by atoms with Gasteiger partial charge in [-0.05, 0) is 43.7 Å². The van der Waals surface area contributed by atoms with Crippen molar-refractivity contribution in [3.05, 3.63) is 65.5 Å². The molecule has 7 nitrogen and oxygen atoms in total. The number of methoxy groups -OCH3 is 2. The van der Waals surface area contributed by atoms with E-state index in [0.29, 0.717) is 28.8 Å². The molecule has 3 aromatic rings. The summed E-state index contributed by atoms with van der Waals surface area (Å²) in [5, 5.41) is 5.99. The van der Waals surface area contributed by atoms with Crippen LogP contribution in [0.15, 0.2) is 48.5 Å². The molecule has 28 heavy (non-hydrogen) atoms. The normalized spacial score (nSPS) is 10.3. The van der Waals surface area contributed by atoms with Crippen LogP contribution < -0.4 is 20.1 Å². The number of para-hydroxylation sites is 1. The van der Waals surface area contributed by atoms with Crippen molar-refractivity contribution >= 4 is 23.2 Å². The van der Waals surface area contributed by atoms with E-state index in [9.17, 15) is 4.79 Å². The molecular formula is C21H22N4O3. The Labute approximate surface area is 163 Å². The molecule has 0 radical (unpaired) electrons. The predicted octanol–water partition coefficient (Wildman–Crippen LogP) is 4.11. The topological polar surface area (TPSA) is 85.4 Å². The van der Waals surface area contributed by atoms with E-state index in [2.05, 4.69) is 20.6 Å². The highest BCUT2D eigenvalue weighted by Gasteiger charge is 2.13. The van der Waals surface area contributed by atoms with Crippen LogP contribution in [0.25, 0.3) is 0 Å². The molecule has 3 rings (SSSR count). The molecule has 2 aromatic carbocycles. The van der Waals surface area contributed by atoms with E-state index in [1.54, 1.807) is 32.4 Å². The highest BCUT2D eigenvalue weighted by Crippen LogP contribution is 2.30. The summed E-state index contributed by atoms with van der Waals surface area (Å²) in [6, 6.07) is 14.6. The van der Waals surface area contributed by atoms with E-state index in [1.165, 1.54) is 0 Å². The van der Waals surface area contributed by atoms with Gasteiger partial charge in [0.15, 0.2) is 11.5 Å². The summed E-state index contributed by atoms with van der Waals surface area (Å²) in [5.41, 5.74) is 3.39. The number of anilines is 3. The summed E-state index contributed by atoms with van der Waals surface area (Å²) in [6.45, 7) is 3.75. The Morgan fingerprint density at radius 2 is 1.68 bits per heavy atom. The van der Waals surface area contributed by atoms with Crippen LogP contribution in [0.1, 0.15) is 21.7 Å². The number of ether oxygens (including phenoxy) is 2. The summed E-state index contributed by atoms with van der Waals surface area (Å²) in [6.07, 6.45) is 0. The van der Waals surface area contributed by atoms with Crippen molar-refractivity contribution in [3.8, 4) is 11.5 Å². The van der Waals surface area contributed by atoms with Gasteiger partial charge < -0.3 is 20.1 Å². The number of amides is 1. The van der Waals surface area contributed by atoms with Crippen LogP contribution in [0.5, 0.6) is 11.5 Å². The van der Waals surface area contributed by atoms with Crippen LogP contribution in [-0.4, -0.2) is 30.1 Å². The zero-order valence-electron chi connectivity index (χ0n) is 16.2. The summed E-state index contributed by atoms with van der Waals surface area (Å²) in [7, 11) is 3.15. The van der Waals surface area contributed by atoms with Crippen molar-refractivity contribution in [2.24, 2.45) is 0 Å². The lowest BCUT2D eigenvalue weighted by molar-refractivity contribution is 0.102. The van der Waals surface area contributed by atoms with Gasteiger partial charge in [0.25, 0.3) is 5.91 Å². The minimum absolute atomic E-state index is 0.277. The Morgan fingerprint density at radius 1 is 0.929 bits per heavy atom. The van der Waals surface area contributed by atoms with E-state index in [4.69, 9.17) is 9.47 Å². The van der Waals surface area contributed by atoms with E-state index in [1.807, 2.05) is 44.2 Å². The van der Waals surface area contributed by atoms with Crippen molar-refractivity contribution in [1.29, 1.82) is 0 Å². The molecule has 2 N–H and O–H groups in total. The minimum Gasteiger partial charge on any atom is -0.493 e. The number of hydrogen-bond donors (Lipinski definition) is 2. The average Bonchev–Trinajstić information content (AvgIpc) is 2.69. The first kappa shape index (κ1) is 19.2. The van der Waals surface area contributed by atoms with Crippen LogP contribution in [0.2, 0.25) is 0 Å². The molecule has 0 aliphatic rings. The fraction of sp³-hybridized carbons (Fsp3) is 0.190. The second-order valence-electron chi connectivity index (χ2n) is 6.18. The zero-order chi connectivity index (χ0) is 20.1. The highest BCUT2D eigenvalue weighted by atomic mass is 16.5. The van der Waals surface area contributed by atoms with Gasteiger partial charge in [-0.15, -0.1) is 0 Å². The van der Waals surface area contributed by atoms with Gasteiger partial charge in [-0.25, -0.2) is 9.97 Å². The molecule has 0 aliphatic heterocycles. The fourth-order valence-electron chi connectivity index (χ4n) is 2.68. The second-order valence-corrected chi connectivity index (χ2v) is 6.18. The molecule has 1 aromatic heterocycles. The van der Waals surface area contributed by atoms with Crippen molar-refractivity contribution in [1.82, 2.24) is 9.97 Å². The third kappa shape index (κ3) is 4.37. The third-order valence-electron chi connectivity index (χ3n) is 4.12. The molecule has 0 spiro atoms. The van der Waals surface area contributed by atoms with E-state index in [-0.39, 0.29) is 11.6 Å². The monoisotopic (exact) mass is 378 g/mol. The molecule has 0 unspecified atom stereocenters. The van der Waals surface area contributed by atoms with Gasteiger partial charge in [-0.3, -0.25) is 4.79 Å². The summed E-state index contributed by atoms with van der Waals surface area (Å²) >= 11 is 0. The molecular weight excluding hydrogens is 356 g/mol. The lowest BCUT2D eigenvalue weighted by Crippen LogP contribution is -2.16. The van der Waals surface area contributed by atoms with Crippen LogP contribution in [0, 0.1) is 13.8 Å². The Hall–Kier alpha value is -3.61. The predicted molar refractivity (Wildman–Crippen MR) is 109 cm³/mol. The first-order chi connectivity index (χ1) is 13.5. The third-order valence-corrected chi connectivity index (χ3v) is 4.12. The second kappa shape index (κ2) is 8.39. The van der Waals surface area contributed by atoms with Gasteiger partial charge in [-0.2, -0.15) is 0 Å². The van der Waals surface area contributed by atoms with Gasteiger partial charge >= 0.3 is 0 Å². The summed E-state index contributed by atoms with van der Waals surface area (Å²) in [4.78, 5) is 21.3. The van der Waals surface area contributed by atoms with Crippen LogP contribution in [0.4, 0.5) is 17.3 Å². The Kier molecular flexibility index (Phi) is 5.74. The molecule has 0 saturated heterocycles. The maximum Gasteiger partial charge on any atom is 0.274 e. The lowest BCUT2D eigenvalue weighted by Gasteiger charge is -2.12. The number of aryl methyl sites for hydroxylation is 2. The molecule has 0 bridgehead atoms. The number of benzene rings is 2. The van der Waals surface area contributed by atoms with Gasteiger partial charge in [0.05, 0.1) is 14.2 Å². The van der Waals surface area contributed by atoms with E-state index in [0.717, 1.165) is 11.3 Å². The van der Waals surface area contributed by atoms with E-state index < -0.39 is 0 Å². The Bertz CT molecular complexity index is 1000. The van der Waals surface area contributed by atoms with Crippen molar-refractivity contribution in [3.63, 3.8) is 0 Å². The number of rotatable bonds is 6. The summed E-state index contributed by atoms with van der Waals surface area (Å²) < 4.78 is 10.5. The molecule has 0 fully saturated rings. The molecule has 0 atom stereocenters. The van der Waals surface area contributed by atoms with Crippen molar-refractivity contribution in [2.45, 2.75) is 13.8 Å². The highest BCUT2D eigenvalue weighted by molar-refractivity contribution is 6.03.